The van der Waals surface area contributed by atoms with Crippen LogP contribution in [0.4, 0.5) is 5.69 Å². The van der Waals surface area contributed by atoms with Gasteiger partial charge in [-0.2, -0.15) is 0 Å². The normalized spacial score (nSPS) is 22.1. The highest BCUT2D eigenvalue weighted by Crippen LogP contribution is 2.61. The molecule has 2 radical (unpaired) electrons. The van der Waals surface area contributed by atoms with Crippen molar-refractivity contribution in [2.75, 3.05) is 18.0 Å². The van der Waals surface area contributed by atoms with E-state index in [4.69, 9.17) is 57.1 Å². The molecule has 9 rings (SSSR count). The zero-order chi connectivity index (χ0) is 38.4. The Balaban J connectivity index is 1.21. The number of hydrogen-bond donors (Lipinski definition) is 1. The summed E-state index contributed by atoms with van der Waals surface area (Å²) in [6, 6.07) is 26.0. The van der Waals surface area contributed by atoms with E-state index in [-0.39, 0.29) is 12.5 Å². The maximum atomic E-state index is 12.9. The third-order valence-corrected chi connectivity index (χ3v) is 13.9. The molecule has 2 N–H and O–H groups in total. The number of halogens is 4. The van der Waals surface area contributed by atoms with Crippen LogP contribution in [0.25, 0.3) is 22.4 Å². The number of primary amides is 1. The summed E-state index contributed by atoms with van der Waals surface area (Å²) in [5.74, 6) is 3.11. The molecule has 5 aromatic rings. The van der Waals surface area contributed by atoms with Crippen LogP contribution in [0.3, 0.4) is 0 Å². The van der Waals surface area contributed by atoms with E-state index in [1.807, 2.05) is 24.3 Å². The number of benzene rings is 4. The van der Waals surface area contributed by atoms with Crippen LogP contribution in [0, 0.1) is 37.0 Å². The number of amides is 1. The number of aromatic nitrogens is 2. The molecule has 1 amide bonds. The summed E-state index contributed by atoms with van der Waals surface area (Å²) in [5.41, 5.74) is 13.3. The molecular weight excluding hydrogens is 768 g/mol. The molecule has 1 aromatic heterocycles. The van der Waals surface area contributed by atoms with Gasteiger partial charge in [0, 0.05) is 56.4 Å². The van der Waals surface area contributed by atoms with Gasteiger partial charge in [-0.15, -0.1) is 0 Å². The van der Waals surface area contributed by atoms with Crippen molar-refractivity contribution in [3.05, 3.63) is 129 Å². The van der Waals surface area contributed by atoms with Gasteiger partial charge in [-0.1, -0.05) is 64.6 Å². The lowest BCUT2D eigenvalue weighted by Gasteiger charge is -2.57. The zero-order valence-electron chi connectivity index (χ0n) is 31.0. The second-order valence-electron chi connectivity index (χ2n) is 16.3. The number of carbonyl (C=O) groups is 1. The summed E-state index contributed by atoms with van der Waals surface area (Å²) in [6.45, 7) is 11.4. The Morgan fingerprint density at radius 2 is 1.35 bits per heavy atom. The van der Waals surface area contributed by atoms with Crippen LogP contribution >= 0.6 is 46.4 Å². The first-order chi connectivity index (χ1) is 26.5. The number of fused-ring (bicyclic) bond motifs is 1. The van der Waals surface area contributed by atoms with E-state index in [0.717, 1.165) is 69.1 Å². The summed E-state index contributed by atoms with van der Waals surface area (Å²) >= 11 is 25.6. The Hall–Kier alpha value is -3.26. The molecule has 0 saturated heterocycles. The summed E-state index contributed by atoms with van der Waals surface area (Å²) in [6.07, 6.45) is 8.21. The largest absolute Gasteiger partial charge is 0.372 e. The van der Waals surface area contributed by atoms with E-state index >= 15 is 0 Å². The average Bonchev–Trinajstić information content (AvgIpc) is 3.50. The van der Waals surface area contributed by atoms with Gasteiger partial charge in [0.05, 0.1) is 31.1 Å². The smallest absolute Gasteiger partial charge is 0.219 e. The lowest BCUT2D eigenvalue weighted by molar-refractivity contribution is -0.119. The van der Waals surface area contributed by atoms with Crippen LogP contribution in [0.5, 0.6) is 0 Å². The lowest BCUT2D eigenvalue weighted by atomic mass is 9.49. The van der Waals surface area contributed by atoms with E-state index < -0.39 is 5.91 Å². The molecule has 4 aliphatic rings. The monoisotopic (exact) mass is 813 g/mol. The molecule has 4 fully saturated rings. The molecule has 1 unspecified atom stereocenters. The number of nitrogens with two attached hydrogens (primary N) is 1. The van der Waals surface area contributed by atoms with Gasteiger partial charge in [0.25, 0.3) is 0 Å². The molecule has 10 heteroatoms. The van der Waals surface area contributed by atoms with E-state index in [1.165, 1.54) is 38.5 Å². The van der Waals surface area contributed by atoms with E-state index in [9.17, 15) is 4.79 Å². The van der Waals surface area contributed by atoms with Crippen LogP contribution in [-0.4, -0.2) is 33.4 Å². The first kappa shape index (κ1) is 38.6. The molecule has 0 aliphatic heterocycles. The first-order valence-corrected chi connectivity index (χ1v) is 20.8. The maximum absolute atomic E-state index is 12.9. The van der Waals surface area contributed by atoms with Crippen LogP contribution in [-0.2, 0) is 24.4 Å². The zero-order valence-corrected chi connectivity index (χ0v) is 34.0. The fraction of sp³-hybridized carbons (Fsp3) is 0.378. The van der Waals surface area contributed by atoms with Crippen molar-refractivity contribution in [1.29, 1.82) is 0 Å². The summed E-state index contributed by atoms with van der Waals surface area (Å²) in [4.78, 5) is 22.6. The molecule has 1 atom stereocenters. The van der Waals surface area contributed by atoms with Crippen molar-refractivity contribution in [2.24, 2.45) is 28.9 Å². The molecule has 286 valence electrons. The predicted molar refractivity (Wildman–Crippen MR) is 227 cm³/mol. The minimum atomic E-state index is -0.398. The van der Waals surface area contributed by atoms with Gasteiger partial charge in [0.15, 0.2) is 0 Å². The lowest BCUT2D eigenvalue weighted by Crippen LogP contribution is -2.47. The second kappa shape index (κ2) is 15.9. The third kappa shape index (κ3) is 8.13. The number of anilines is 1. The van der Waals surface area contributed by atoms with Gasteiger partial charge < -0.3 is 15.2 Å². The van der Waals surface area contributed by atoms with Crippen molar-refractivity contribution in [1.82, 2.24) is 14.5 Å². The van der Waals surface area contributed by atoms with E-state index in [1.54, 1.807) is 12.1 Å². The Kier molecular flexibility index (Phi) is 11.2. The van der Waals surface area contributed by atoms with Crippen molar-refractivity contribution in [3.63, 3.8) is 0 Å². The minimum absolute atomic E-state index is 0.103. The Morgan fingerprint density at radius 3 is 1.85 bits per heavy atom. The van der Waals surface area contributed by atoms with Gasteiger partial charge >= 0.3 is 0 Å². The number of nitrogens with zero attached hydrogens (tertiary/aromatic N) is 4. The molecule has 4 aliphatic carbocycles. The molecule has 4 bridgehead atoms. The second-order valence-corrected chi connectivity index (χ2v) is 17.9. The standard InChI is InChI=1S/C45H47Cl4N5O/c1-3-52(4-2)35-10-7-33(8-11-35)44-51-40-20-34(9-14-41(40)54(44)27-45-22-30-15-31(23-45)17-32(16-30)24-45)42(21-43(50)55)53(25-28-5-12-36(46)38(48)18-28)26-29-6-13-37(47)39(49)19-29/h5-14,18-20,30-32,42H,1-4,15-17,21-27H2,(H2,50,55). The molecule has 55 heavy (non-hydrogen) atoms. The Labute approximate surface area is 344 Å². The summed E-state index contributed by atoms with van der Waals surface area (Å²) in [5, 5.41) is 1.91. The van der Waals surface area contributed by atoms with Gasteiger partial charge in [-0.05, 0) is 153 Å². The van der Waals surface area contributed by atoms with Gasteiger partial charge in [-0.25, -0.2) is 4.98 Å². The van der Waals surface area contributed by atoms with Gasteiger partial charge in [0.1, 0.15) is 5.82 Å². The summed E-state index contributed by atoms with van der Waals surface area (Å²) < 4.78 is 2.49. The van der Waals surface area contributed by atoms with Crippen LogP contribution in [0.1, 0.15) is 67.7 Å². The number of carbonyl (C=O) groups excluding carboxylic acids is 1. The molecule has 4 aromatic carbocycles. The quantitative estimate of drug-likeness (QED) is 0.121. The highest BCUT2D eigenvalue weighted by atomic mass is 35.5. The third-order valence-electron chi connectivity index (χ3n) is 12.4. The Morgan fingerprint density at radius 1 is 0.782 bits per heavy atom. The van der Waals surface area contributed by atoms with Crippen molar-refractivity contribution in [2.45, 2.75) is 70.6 Å². The minimum Gasteiger partial charge on any atom is -0.372 e. The van der Waals surface area contributed by atoms with Crippen molar-refractivity contribution in [3.8, 4) is 11.4 Å². The van der Waals surface area contributed by atoms with Crippen molar-refractivity contribution >= 4 is 69.0 Å². The highest BCUT2D eigenvalue weighted by molar-refractivity contribution is 6.42. The van der Waals surface area contributed by atoms with Gasteiger partial charge in [0.2, 0.25) is 5.91 Å². The van der Waals surface area contributed by atoms with Crippen LogP contribution < -0.4 is 10.6 Å². The fourth-order valence-corrected chi connectivity index (χ4v) is 11.1. The van der Waals surface area contributed by atoms with E-state index in [2.05, 4.69) is 70.7 Å². The molecular formula is C45H47Cl4N5O. The molecule has 0 spiro atoms. The topological polar surface area (TPSA) is 67.4 Å². The number of rotatable bonds is 14. The first-order valence-electron chi connectivity index (χ1n) is 19.3. The fourth-order valence-electron chi connectivity index (χ4n) is 10.4. The average molecular weight is 816 g/mol. The molecule has 6 nitrogen and oxygen atoms in total. The van der Waals surface area contributed by atoms with Crippen molar-refractivity contribution < 1.29 is 4.79 Å². The van der Waals surface area contributed by atoms with Gasteiger partial charge in [-0.3, -0.25) is 9.69 Å². The maximum Gasteiger partial charge on any atom is 0.219 e. The van der Waals surface area contributed by atoms with Crippen LogP contribution in [0.2, 0.25) is 20.1 Å². The number of imidazole rings is 1. The SMILES string of the molecule is [CH2]CN(C[CH2])c1ccc(-c2nc3cc(C(CC(N)=O)N(Cc4ccc(Cl)c(Cl)c4)Cc4ccc(Cl)c(Cl)c4)ccc3n2CC23CC4CC(CC(C4)C2)C3)cc1. The van der Waals surface area contributed by atoms with E-state index in [0.29, 0.717) is 51.7 Å². The van der Waals surface area contributed by atoms with Crippen LogP contribution in [0.15, 0.2) is 78.9 Å². The molecule has 4 saturated carbocycles. The Bertz CT molecular complexity index is 2110. The molecule has 1 heterocycles. The highest BCUT2D eigenvalue weighted by Gasteiger charge is 2.51. The number of hydrogen-bond acceptors (Lipinski definition) is 4. The summed E-state index contributed by atoms with van der Waals surface area (Å²) in [7, 11) is 0. The predicted octanol–water partition coefficient (Wildman–Crippen LogP) is 11.6.